The van der Waals surface area contributed by atoms with Crippen LogP contribution in [0.15, 0.2) is 45.8 Å². The van der Waals surface area contributed by atoms with Crippen LogP contribution in [0.3, 0.4) is 0 Å². The molecule has 0 amide bonds. The largest absolute Gasteiger partial charge is 0.508 e. The van der Waals surface area contributed by atoms with Crippen molar-refractivity contribution in [3.8, 4) is 34.1 Å². The molecule has 1 aliphatic heterocycles. The molecule has 1 saturated heterocycles. The van der Waals surface area contributed by atoms with E-state index in [1.807, 2.05) is 0 Å². The molecule has 1 aromatic heterocycles. The SMILES string of the molecule is COc1c(O[C@H]2O[C@@H](CO)[C@@H](O)[C@@H](O)[C@@H]2O)cc2occ(-c3ccc(O)cc3)c(=O)c2c1O. The van der Waals surface area contributed by atoms with Gasteiger partial charge in [0.1, 0.15) is 47.4 Å². The molecular formula is C22H22O11. The summed E-state index contributed by atoms with van der Waals surface area (Å²) < 4.78 is 21.6. The monoisotopic (exact) mass is 462 g/mol. The predicted octanol–water partition coefficient (Wildman–Crippen LogP) is 0.0585. The standard InChI is InChI=1S/C22H22O11/c1-30-21-13(32-22-20(29)19(28)17(26)14(7-23)33-22)6-12-15(18(21)27)16(25)11(8-31-12)9-2-4-10(24)5-3-9/h2-6,8,14,17,19-20,22-24,26-29H,7H2,1H3/t14-,17+,19+,20-,22-/m0/s1. The van der Waals surface area contributed by atoms with Crippen LogP contribution in [0.4, 0.5) is 0 Å². The van der Waals surface area contributed by atoms with Crippen LogP contribution >= 0.6 is 0 Å². The van der Waals surface area contributed by atoms with Crippen molar-refractivity contribution in [2.75, 3.05) is 13.7 Å². The smallest absolute Gasteiger partial charge is 0.229 e. The molecule has 11 nitrogen and oxygen atoms in total. The average Bonchev–Trinajstić information content (AvgIpc) is 2.80. The molecule has 6 N–H and O–H groups in total. The zero-order valence-corrected chi connectivity index (χ0v) is 17.3. The fraction of sp³-hybridized carbons (Fsp3) is 0.318. The summed E-state index contributed by atoms with van der Waals surface area (Å²) in [6.07, 6.45) is -6.52. The van der Waals surface area contributed by atoms with Crippen molar-refractivity contribution < 1.29 is 49.3 Å². The number of aliphatic hydroxyl groups is 4. The van der Waals surface area contributed by atoms with E-state index in [1.165, 1.54) is 43.7 Å². The van der Waals surface area contributed by atoms with Gasteiger partial charge in [-0.15, -0.1) is 0 Å². The van der Waals surface area contributed by atoms with Crippen LogP contribution in [0.25, 0.3) is 22.1 Å². The van der Waals surface area contributed by atoms with Gasteiger partial charge in [0.2, 0.25) is 17.5 Å². The second-order valence-corrected chi connectivity index (χ2v) is 7.47. The lowest BCUT2D eigenvalue weighted by atomic mass is 9.99. The Kier molecular flexibility index (Phi) is 6.15. The van der Waals surface area contributed by atoms with Crippen molar-refractivity contribution >= 4 is 11.0 Å². The van der Waals surface area contributed by atoms with Crippen LogP contribution in [0, 0.1) is 0 Å². The van der Waals surface area contributed by atoms with E-state index in [4.69, 9.17) is 18.6 Å². The van der Waals surface area contributed by atoms with Gasteiger partial charge < -0.3 is 49.3 Å². The molecule has 2 aromatic carbocycles. The fourth-order valence-electron chi connectivity index (χ4n) is 3.64. The molecule has 33 heavy (non-hydrogen) atoms. The van der Waals surface area contributed by atoms with E-state index in [0.717, 1.165) is 0 Å². The second kappa shape index (κ2) is 8.89. The molecule has 176 valence electrons. The summed E-state index contributed by atoms with van der Waals surface area (Å²) in [6.45, 7) is -0.653. The Morgan fingerprint density at radius 1 is 1.03 bits per heavy atom. The predicted molar refractivity (Wildman–Crippen MR) is 112 cm³/mol. The summed E-state index contributed by atoms with van der Waals surface area (Å²) in [5.74, 6) is -1.03. The van der Waals surface area contributed by atoms with Gasteiger partial charge >= 0.3 is 0 Å². The first-order valence-corrected chi connectivity index (χ1v) is 9.88. The van der Waals surface area contributed by atoms with E-state index in [2.05, 4.69) is 0 Å². The van der Waals surface area contributed by atoms with E-state index in [1.54, 1.807) is 0 Å². The van der Waals surface area contributed by atoms with Gasteiger partial charge in [-0.05, 0) is 17.7 Å². The van der Waals surface area contributed by atoms with Gasteiger partial charge in [-0.3, -0.25) is 4.79 Å². The average molecular weight is 462 g/mol. The molecule has 5 atom stereocenters. The number of fused-ring (bicyclic) bond motifs is 1. The maximum Gasteiger partial charge on any atom is 0.229 e. The Morgan fingerprint density at radius 2 is 1.73 bits per heavy atom. The Balaban J connectivity index is 1.77. The zero-order valence-electron chi connectivity index (χ0n) is 17.3. The molecule has 0 aliphatic carbocycles. The van der Waals surface area contributed by atoms with Crippen molar-refractivity contribution in [2.45, 2.75) is 30.7 Å². The first-order valence-electron chi connectivity index (χ1n) is 9.88. The van der Waals surface area contributed by atoms with E-state index < -0.39 is 48.5 Å². The van der Waals surface area contributed by atoms with Crippen molar-refractivity contribution in [1.82, 2.24) is 0 Å². The highest BCUT2D eigenvalue weighted by Crippen LogP contribution is 2.43. The van der Waals surface area contributed by atoms with Crippen molar-refractivity contribution in [3.63, 3.8) is 0 Å². The topological polar surface area (TPSA) is 179 Å². The number of benzene rings is 2. The molecule has 0 saturated carbocycles. The Morgan fingerprint density at radius 3 is 2.36 bits per heavy atom. The third kappa shape index (κ3) is 3.96. The quantitative estimate of drug-likeness (QED) is 0.302. The molecule has 3 aromatic rings. The number of aliphatic hydroxyl groups excluding tert-OH is 4. The van der Waals surface area contributed by atoms with Crippen LogP contribution in [0.2, 0.25) is 0 Å². The van der Waals surface area contributed by atoms with Crippen molar-refractivity contribution in [2.24, 2.45) is 0 Å². The van der Waals surface area contributed by atoms with E-state index >= 15 is 0 Å². The van der Waals surface area contributed by atoms with Crippen LogP contribution in [-0.4, -0.2) is 75.1 Å². The second-order valence-electron chi connectivity index (χ2n) is 7.47. The third-order valence-corrected chi connectivity index (χ3v) is 5.43. The molecular weight excluding hydrogens is 440 g/mol. The maximum atomic E-state index is 13.1. The maximum absolute atomic E-state index is 13.1. The van der Waals surface area contributed by atoms with Crippen LogP contribution in [0.1, 0.15) is 0 Å². The van der Waals surface area contributed by atoms with E-state index in [9.17, 15) is 35.4 Å². The van der Waals surface area contributed by atoms with Crippen molar-refractivity contribution in [1.29, 1.82) is 0 Å². The number of phenolic OH excluding ortho intramolecular Hbond substituents is 2. The summed E-state index contributed by atoms with van der Waals surface area (Å²) >= 11 is 0. The highest BCUT2D eigenvalue weighted by molar-refractivity contribution is 5.91. The number of methoxy groups -OCH3 is 1. The highest BCUT2D eigenvalue weighted by atomic mass is 16.7. The Labute approximate surface area is 186 Å². The Bertz CT molecular complexity index is 1200. The Hall–Kier alpha value is -3.35. The van der Waals surface area contributed by atoms with Gasteiger partial charge in [-0.25, -0.2) is 0 Å². The summed E-state index contributed by atoms with van der Waals surface area (Å²) in [7, 11) is 1.21. The van der Waals surface area contributed by atoms with Gasteiger partial charge in [0.15, 0.2) is 11.5 Å². The van der Waals surface area contributed by atoms with Gasteiger partial charge in [0.25, 0.3) is 0 Å². The molecule has 4 rings (SSSR count). The summed E-state index contributed by atoms with van der Waals surface area (Å²) in [5, 5.41) is 59.5. The van der Waals surface area contributed by atoms with Gasteiger partial charge in [0.05, 0.1) is 19.3 Å². The molecule has 2 heterocycles. The molecule has 0 unspecified atom stereocenters. The summed E-state index contributed by atoms with van der Waals surface area (Å²) in [4.78, 5) is 13.1. The lowest BCUT2D eigenvalue weighted by molar-refractivity contribution is -0.277. The summed E-state index contributed by atoms with van der Waals surface area (Å²) in [5.41, 5.74) is -0.0662. The van der Waals surface area contributed by atoms with Crippen LogP contribution < -0.4 is 14.9 Å². The number of ether oxygens (including phenoxy) is 3. The first kappa shape index (κ1) is 22.8. The van der Waals surface area contributed by atoms with Crippen molar-refractivity contribution in [3.05, 3.63) is 46.8 Å². The first-order chi connectivity index (χ1) is 15.8. The minimum atomic E-state index is -1.70. The lowest BCUT2D eigenvalue weighted by Gasteiger charge is -2.39. The number of hydrogen-bond donors (Lipinski definition) is 6. The lowest BCUT2D eigenvalue weighted by Crippen LogP contribution is -2.60. The molecule has 0 bridgehead atoms. The zero-order chi connectivity index (χ0) is 23.9. The molecule has 11 heteroatoms. The van der Waals surface area contributed by atoms with Gasteiger partial charge in [-0.2, -0.15) is 0 Å². The number of aromatic hydroxyl groups is 2. The third-order valence-electron chi connectivity index (χ3n) is 5.43. The molecule has 0 radical (unpaired) electrons. The highest BCUT2D eigenvalue weighted by Gasteiger charge is 2.45. The van der Waals surface area contributed by atoms with Gasteiger partial charge in [-0.1, -0.05) is 12.1 Å². The minimum Gasteiger partial charge on any atom is -0.508 e. The normalized spacial score (nSPS) is 25.2. The number of rotatable bonds is 5. The summed E-state index contributed by atoms with van der Waals surface area (Å²) in [6, 6.07) is 7.06. The van der Waals surface area contributed by atoms with E-state index in [0.29, 0.717) is 5.56 Å². The van der Waals surface area contributed by atoms with Gasteiger partial charge in [0, 0.05) is 6.07 Å². The fourth-order valence-corrected chi connectivity index (χ4v) is 3.64. The number of phenols is 2. The minimum absolute atomic E-state index is 0.0171. The van der Waals surface area contributed by atoms with E-state index in [-0.39, 0.29) is 33.8 Å². The van der Waals surface area contributed by atoms with Crippen LogP contribution in [0.5, 0.6) is 23.0 Å². The molecule has 0 spiro atoms. The molecule has 1 aliphatic rings. The molecule has 1 fully saturated rings. The number of hydrogen-bond acceptors (Lipinski definition) is 11. The van der Waals surface area contributed by atoms with Crippen LogP contribution in [-0.2, 0) is 4.74 Å².